The summed E-state index contributed by atoms with van der Waals surface area (Å²) in [6, 6.07) is 8.64. The van der Waals surface area contributed by atoms with Gasteiger partial charge in [0.05, 0.1) is 6.61 Å². The number of ether oxygens (including phenoxy) is 3. The number of fused-ring (bicyclic) bond motifs is 3. The van der Waals surface area contributed by atoms with Crippen molar-refractivity contribution in [3.63, 3.8) is 0 Å². The second-order valence-electron chi connectivity index (χ2n) is 6.81. The molecule has 1 aromatic carbocycles. The normalized spacial score (nSPS) is 24.5. The molecule has 0 aliphatic carbocycles. The fraction of sp³-hybridized carbons (Fsp3) is 0.474. The third-order valence-electron chi connectivity index (χ3n) is 5.37. The van der Waals surface area contributed by atoms with Crippen LogP contribution in [0.1, 0.15) is 35.1 Å². The summed E-state index contributed by atoms with van der Waals surface area (Å²) in [7, 11) is 0. The molecule has 0 saturated carbocycles. The Kier molecular flexibility index (Phi) is 4.80. The molecule has 2 aromatic rings. The van der Waals surface area contributed by atoms with Crippen LogP contribution < -0.4 is 14.2 Å². The quantitative estimate of drug-likeness (QED) is 0.797. The Morgan fingerprint density at radius 2 is 2.04 bits per heavy atom. The maximum atomic E-state index is 5.92. The third kappa shape index (κ3) is 3.09. The van der Waals surface area contributed by atoms with E-state index in [2.05, 4.69) is 28.5 Å². The van der Waals surface area contributed by atoms with Gasteiger partial charge in [0.15, 0.2) is 11.5 Å². The molecular weight excluding hydrogens is 358 g/mol. The van der Waals surface area contributed by atoms with E-state index < -0.39 is 0 Å². The fourth-order valence-electron chi connectivity index (χ4n) is 4.15. The van der Waals surface area contributed by atoms with E-state index in [1.807, 2.05) is 17.4 Å². The minimum absolute atomic E-state index is 0. The Labute approximate surface area is 158 Å². The summed E-state index contributed by atoms with van der Waals surface area (Å²) in [6.45, 7) is 4.55. The molecule has 0 amide bonds. The molecule has 0 bridgehead atoms. The summed E-state index contributed by atoms with van der Waals surface area (Å²) < 4.78 is 17.0. The molecule has 2 atom stereocenters. The molecule has 6 heteroatoms. The van der Waals surface area contributed by atoms with Crippen molar-refractivity contribution in [1.82, 2.24) is 4.90 Å². The van der Waals surface area contributed by atoms with Crippen molar-refractivity contribution in [2.45, 2.75) is 24.7 Å². The topological polar surface area (TPSA) is 30.9 Å². The zero-order valence-corrected chi connectivity index (χ0v) is 15.6. The zero-order chi connectivity index (χ0) is 15.9. The summed E-state index contributed by atoms with van der Waals surface area (Å²) in [4.78, 5) is 4.16. The molecule has 1 fully saturated rings. The number of benzene rings is 1. The predicted octanol–water partition coefficient (Wildman–Crippen LogP) is 4.25. The highest BCUT2D eigenvalue weighted by atomic mass is 35.5. The SMILES string of the molecule is Cl.c1csc(C2CCN(CC3CCOc4c3ccc3c4OCO3)C2)c1. The van der Waals surface area contributed by atoms with E-state index in [0.717, 1.165) is 36.8 Å². The molecule has 1 saturated heterocycles. The van der Waals surface area contributed by atoms with Crippen molar-refractivity contribution in [1.29, 1.82) is 0 Å². The lowest BCUT2D eigenvalue weighted by atomic mass is 9.92. The minimum Gasteiger partial charge on any atom is -0.489 e. The van der Waals surface area contributed by atoms with Gasteiger partial charge in [-0.2, -0.15) is 0 Å². The van der Waals surface area contributed by atoms with E-state index in [-0.39, 0.29) is 12.4 Å². The summed E-state index contributed by atoms with van der Waals surface area (Å²) in [5.41, 5.74) is 1.28. The van der Waals surface area contributed by atoms with Gasteiger partial charge in [-0.25, -0.2) is 0 Å². The summed E-state index contributed by atoms with van der Waals surface area (Å²) in [6.07, 6.45) is 2.35. The van der Waals surface area contributed by atoms with Gasteiger partial charge in [-0.3, -0.25) is 0 Å². The van der Waals surface area contributed by atoms with Crippen molar-refractivity contribution in [2.24, 2.45) is 0 Å². The standard InChI is InChI=1S/C19H21NO3S.ClH/c1-2-17(24-9-1)14-5-7-20(11-14)10-13-6-8-21-18-15(13)3-4-16-19(18)23-12-22-16;/h1-4,9,13-14H,5-8,10-12H2;1H. The smallest absolute Gasteiger partial charge is 0.231 e. The van der Waals surface area contributed by atoms with Gasteiger partial charge < -0.3 is 19.1 Å². The molecule has 5 rings (SSSR count). The Morgan fingerprint density at radius 3 is 2.92 bits per heavy atom. The fourth-order valence-corrected chi connectivity index (χ4v) is 5.00. The highest BCUT2D eigenvalue weighted by molar-refractivity contribution is 7.10. The maximum Gasteiger partial charge on any atom is 0.231 e. The van der Waals surface area contributed by atoms with Crippen LogP contribution in [0.5, 0.6) is 17.2 Å². The van der Waals surface area contributed by atoms with Crippen LogP contribution in [0, 0.1) is 0 Å². The van der Waals surface area contributed by atoms with Gasteiger partial charge in [0.1, 0.15) is 0 Å². The summed E-state index contributed by atoms with van der Waals surface area (Å²) >= 11 is 1.89. The Balaban J connectivity index is 0.00000157. The first-order chi connectivity index (χ1) is 11.9. The van der Waals surface area contributed by atoms with E-state index in [4.69, 9.17) is 14.2 Å². The highest BCUT2D eigenvalue weighted by Gasteiger charge is 2.32. The lowest BCUT2D eigenvalue weighted by Gasteiger charge is -2.30. The highest BCUT2D eigenvalue weighted by Crippen LogP contribution is 2.48. The molecule has 4 heterocycles. The molecule has 2 unspecified atom stereocenters. The average molecular weight is 380 g/mol. The number of thiophene rings is 1. The molecule has 0 radical (unpaired) electrons. The lowest BCUT2D eigenvalue weighted by molar-refractivity contribution is 0.166. The van der Waals surface area contributed by atoms with E-state index in [9.17, 15) is 0 Å². The van der Waals surface area contributed by atoms with E-state index in [1.165, 1.54) is 30.0 Å². The average Bonchev–Trinajstić information content (AvgIpc) is 3.35. The number of halogens is 1. The number of hydrogen-bond acceptors (Lipinski definition) is 5. The second kappa shape index (κ2) is 7.06. The van der Waals surface area contributed by atoms with Crippen LogP contribution in [-0.4, -0.2) is 37.9 Å². The predicted molar refractivity (Wildman–Crippen MR) is 101 cm³/mol. The molecule has 1 aromatic heterocycles. The molecule has 0 N–H and O–H groups in total. The van der Waals surface area contributed by atoms with Crippen LogP contribution in [0.3, 0.4) is 0 Å². The molecule has 3 aliphatic rings. The maximum absolute atomic E-state index is 5.92. The number of rotatable bonds is 3. The molecular formula is C19H22ClNO3S. The van der Waals surface area contributed by atoms with Gasteiger partial charge in [0, 0.05) is 35.4 Å². The summed E-state index contributed by atoms with van der Waals surface area (Å²) in [5, 5.41) is 2.19. The first kappa shape index (κ1) is 17.0. The lowest BCUT2D eigenvalue weighted by Crippen LogP contribution is -2.29. The van der Waals surface area contributed by atoms with Crippen molar-refractivity contribution >= 4 is 23.7 Å². The van der Waals surface area contributed by atoms with Crippen molar-refractivity contribution in [3.8, 4) is 17.2 Å². The van der Waals surface area contributed by atoms with Crippen LogP contribution in [0.4, 0.5) is 0 Å². The first-order valence-electron chi connectivity index (χ1n) is 8.69. The number of nitrogens with zero attached hydrogens (tertiary/aromatic N) is 1. The van der Waals surface area contributed by atoms with E-state index >= 15 is 0 Å². The van der Waals surface area contributed by atoms with Crippen LogP contribution in [0.15, 0.2) is 29.6 Å². The largest absolute Gasteiger partial charge is 0.489 e. The molecule has 4 nitrogen and oxygen atoms in total. The van der Waals surface area contributed by atoms with Crippen molar-refractivity contribution in [3.05, 3.63) is 40.1 Å². The molecule has 25 heavy (non-hydrogen) atoms. The Morgan fingerprint density at radius 1 is 1.08 bits per heavy atom. The molecule has 0 spiro atoms. The first-order valence-corrected chi connectivity index (χ1v) is 9.57. The molecule has 134 valence electrons. The van der Waals surface area contributed by atoms with Crippen molar-refractivity contribution < 1.29 is 14.2 Å². The number of hydrogen-bond donors (Lipinski definition) is 0. The number of likely N-dealkylation sites (tertiary alicyclic amines) is 1. The van der Waals surface area contributed by atoms with Crippen LogP contribution in [0.2, 0.25) is 0 Å². The van der Waals surface area contributed by atoms with Gasteiger partial charge in [-0.1, -0.05) is 12.1 Å². The Hall–Kier alpha value is -1.43. The van der Waals surface area contributed by atoms with Crippen LogP contribution in [-0.2, 0) is 0 Å². The Bertz CT molecular complexity index is 737. The van der Waals surface area contributed by atoms with Gasteiger partial charge >= 0.3 is 0 Å². The molecule has 3 aliphatic heterocycles. The summed E-state index contributed by atoms with van der Waals surface area (Å²) in [5.74, 6) is 3.75. The van der Waals surface area contributed by atoms with Gasteiger partial charge in [0.2, 0.25) is 12.5 Å². The van der Waals surface area contributed by atoms with Gasteiger partial charge in [-0.15, -0.1) is 23.7 Å². The van der Waals surface area contributed by atoms with E-state index in [0.29, 0.717) is 18.6 Å². The second-order valence-corrected chi connectivity index (χ2v) is 7.79. The van der Waals surface area contributed by atoms with Gasteiger partial charge in [0.25, 0.3) is 0 Å². The van der Waals surface area contributed by atoms with Crippen LogP contribution >= 0.6 is 23.7 Å². The third-order valence-corrected chi connectivity index (χ3v) is 6.41. The monoisotopic (exact) mass is 379 g/mol. The van der Waals surface area contributed by atoms with Crippen molar-refractivity contribution in [2.75, 3.05) is 33.0 Å². The zero-order valence-electron chi connectivity index (χ0n) is 14.0. The van der Waals surface area contributed by atoms with Gasteiger partial charge in [-0.05, 0) is 36.9 Å². The van der Waals surface area contributed by atoms with E-state index in [1.54, 1.807) is 0 Å². The minimum atomic E-state index is 0. The van der Waals surface area contributed by atoms with Crippen LogP contribution in [0.25, 0.3) is 0 Å².